The third-order valence-corrected chi connectivity index (χ3v) is 3.17. The summed E-state index contributed by atoms with van der Waals surface area (Å²) in [5.74, 6) is 0.673. The van der Waals surface area contributed by atoms with Gasteiger partial charge in [0.15, 0.2) is 0 Å². The van der Waals surface area contributed by atoms with Gasteiger partial charge in [0.1, 0.15) is 5.78 Å². The standard InChI is InChI=1S/C10H18O2S2/c1-5-12-10(13)14-9(8(4)11)6-7(2)3/h7,9H,5-6H2,1-4H3. The summed E-state index contributed by atoms with van der Waals surface area (Å²) in [5, 5.41) is -0.0472. The van der Waals surface area contributed by atoms with Gasteiger partial charge in [0.25, 0.3) is 0 Å². The van der Waals surface area contributed by atoms with Crippen molar-refractivity contribution >= 4 is 34.1 Å². The maximum atomic E-state index is 11.3. The maximum Gasteiger partial charge on any atom is 0.220 e. The lowest BCUT2D eigenvalue weighted by atomic mass is 10.1. The van der Waals surface area contributed by atoms with E-state index >= 15 is 0 Å². The van der Waals surface area contributed by atoms with E-state index in [4.69, 9.17) is 17.0 Å². The molecule has 0 saturated carbocycles. The topological polar surface area (TPSA) is 26.3 Å². The highest BCUT2D eigenvalue weighted by molar-refractivity contribution is 8.23. The van der Waals surface area contributed by atoms with E-state index in [1.807, 2.05) is 6.92 Å². The van der Waals surface area contributed by atoms with Crippen LogP contribution in [0.2, 0.25) is 0 Å². The first kappa shape index (κ1) is 13.9. The molecular formula is C10H18O2S2. The number of ketones is 1. The number of Topliss-reactive ketones (excluding diaryl/α,β-unsaturated/α-hetero) is 1. The van der Waals surface area contributed by atoms with E-state index < -0.39 is 0 Å². The van der Waals surface area contributed by atoms with Crippen LogP contribution in [0.3, 0.4) is 0 Å². The molecule has 0 bridgehead atoms. The van der Waals surface area contributed by atoms with Crippen LogP contribution in [0.15, 0.2) is 0 Å². The number of hydrogen-bond donors (Lipinski definition) is 0. The molecule has 1 unspecified atom stereocenters. The Kier molecular flexibility index (Phi) is 7.19. The van der Waals surface area contributed by atoms with Gasteiger partial charge in [-0.2, -0.15) is 0 Å². The van der Waals surface area contributed by atoms with Gasteiger partial charge in [-0.3, -0.25) is 4.79 Å². The Hall–Kier alpha value is -0.0900. The normalized spacial score (nSPS) is 12.6. The second-order valence-corrected chi connectivity index (χ2v) is 5.33. The maximum absolute atomic E-state index is 11.3. The fourth-order valence-electron chi connectivity index (χ4n) is 0.993. The molecule has 0 amide bonds. The van der Waals surface area contributed by atoms with E-state index in [9.17, 15) is 4.79 Å². The molecule has 0 aliphatic heterocycles. The Balaban J connectivity index is 4.09. The lowest BCUT2D eigenvalue weighted by Gasteiger charge is -2.15. The molecule has 4 heteroatoms. The zero-order valence-corrected chi connectivity index (χ0v) is 10.8. The summed E-state index contributed by atoms with van der Waals surface area (Å²) < 4.78 is 5.63. The Morgan fingerprint density at radius 2 is 2.07 bits per heavy atom. The van der Waals surface area contributed by atoms with Gasteiger partial charge in [-0.1, -0.05) is 25.6 Å². The van der Waals surface area contributed by atoms with Crippen molar-refractivity contribution in [3.05, 3.63) is 0 Å². The van der Waals surface area contributed by atoms with E-state index in [1.165, 1.54) is 11.8 Å². The highest BCUT2D eigenvalue weighted by atomic mass is 32.2. The molecule has 0 N–H and O–H groups in total. The van der Waals surface area contributed by atoms with Crippen molar-refractivity contribution < 1.29 is 9.53 Å². The van der Waals surface area contributed by atoms with Crippen molar-refractivity contribution in [3.63, 3.8) is 0 Å². The summed E-state index contributed by atoms with van der Waals surface area (Å²) in [6.07, 6.45) is 0.854. The van der Waals surface area contributed by atoms with Crippen LogP contribution in [0.5, 0.6) is 0 Å². The predicted molar refractivity (Wildman–Crippen MR) is 65.7 cm³/mol. The van der Waals surface area contributed by atoms with Gasteiger partial charge in [-0.25, -0.2) is 0 Å². The second kappa shape index (κ2) is 7.23. The van der Waals surface area contributed by atoms with E-state index in [0.717, 1.165) is 6.42 Å². The molecule has 0 rings (SSSR count). The van der Waals surface area contributed by atoms with Gasteiger partial charge in [-0.15, -0.1) is 0 Å². The number of rotatable bonds is 5. The highest BCUT2D eigenvalue weighted by Crippen LogP contribution is 2.22. The molecule has 0 aliphatic carbocycles. The van der Waals surface area contributed by atoms with Crippen molar-refractivity contribution in [1.82, 2.24) is 0 Å². The van der Waals surface area contributed by atoms with Crippen molar-refractivity contribution in [1.29, 1.82) is 0 Å². The molecule has 1 atom stereocenters. The van der Waals surface area contributed by atoms with Gasteiger partial charge in [0.05, 0.1) is 11.9 Å². The summed E-state index contributed by atoms with van der Waals surface area (Å²) in [5.41, 5.74) is 0. The van der Waals surface area contributed by atoms with Crippen LogP contribution in [0.1, 0.15) is 34.1 Å². The number of carbonyl (C=O) groups excluding carboxylic acids is 1. The van der Waals surface area contributed by atoms with Gasteiger partial charge in [0, 0.05) is 0 Å². The van der Waals surface area contributed by atoms with Crippen LogP contribution in [-0.2, 0) is 9.53 Å². The Morgan fingerprint density at radius 3 is 2.43 bits per heavy atom. The number of hydrogen-bond acceptors (Lipinski definition) is 4. The molecule has 0 spiro atoms. The molecule has 0 fully saturated rings. The van der Waals surface area contributed by atoms with E-state index in [2.05, 4.69) is 13.8 Å². The Bertz CT molecular complexity index is 202. The minimum Gasteiger partial charge on any atom is -0.479 e. The zero-order valence-electron chi connectivity index (χ0n) is 9.20. The lowest BCUT2D eigenvalue weighted by molar-refractivity contribution is -0.116. The SMILES string of the molecule is CCOC(=S)SC(CC(C)C)C(C)=O. The van der Waals surface area contributed by atoms with Crippen LogP contribution in [0.25, 0.3) is 0 Å². The number of ether oxygens (including phenoxy) is 1. The lowest BCUT2D eigenvalue weighted by Crippen LogP contribution is -2.18. The molecule has 0 saturated heterocycles. The van der Waals surface area contributed by atoms with E-state index in [1.54, 1.807) is 6.92 Å². The quantitative estimate of drug-likeness (QED) is 0.683. The molecule has 0 aromatic carbocycles. The van der Waals surface area contributed by atoms with Crippen LogP contribution in [0, 0.1) is 5.92 Å². The first-order valence-corrected chi connectivity index (χ1v) is 6.10. The van der Waals surface area contributed by atoms with E-state index in [-0.39, 0.29) is 11.0 Å². The molecular weight excluding hydrogens is 216 g/mol. The number of carbonyl (C=O) groups is 1. The first-order valence-electron chi connectivity index (χ1n) is 4.81. The third-order valence-electron chi connectivity index (χ3n) is 1.64. The van der Waals surface area contributed by atoms with Crippen LogP contribution < -0.4 is 0 Å². The monoisotopic (exact) mass is 234 g/mol. The van der Waals surface area contributed by atoms with Crippen LogP contribution in [-0.4, -0.2) is 22.0 Å². The second-order valence-electron chi connectivity index (χ2n) is 3.53. The molecule has 82 valence electrons. The Labute approximate surface area is 95.8 Å². The largest absolute Gasteiger partial charge is 0.479 e. The minimum atomic E-state index is -0.0472. The zero-order chi connectivity index (χ0) is 11.1. The number of thiocarbonyl (C=S) groups is 1. The average Bonchev–Trinajstić information content (AvgIpc) is 2.02. The molecule has 0 heterocycles. The summed E-state index contributed by atoms with van der Waals surface area (Å²) in [6, 6.07) is 0. The average molecular weight is 234 g/mol. The van der Waals surface area contributed by atoms with Crippen molar-refractivity contribution in [3.8, 4) is 0 Å². The highest BCUT2D eigenvalue weighted by Gasteiger charge is 2.19. The van der Waals surface area contributed by atoms with Crippen molar-refractivity contribution in [2.45, 2.75) is 39.4 Å². The summed E-state index contributed by atoms with van der Waals surface area (Å²) in [7, 11) is 0. The van der Waals surface area contributed by atoms with Gasteiger partial charge < -0.3 is 4.74 Å². The van der Waals surface area contributed by atoms with Gasteiger partial charge in [-0.05, 0) is 38.4 Å². The molecule has 0 aromatic rings. The fraction of sp³-hybridized carbons (Fsp3) is 0.800. The molecule has 0 aromatic heterocycles. The van der Waals surface area contributed by atoms with Crippen LogP contribution >= 0.6 is 24.0 Å². The molecule has 0 radical (unpaired) electrons. The van der Waals surface area contributed by atoms with Crippen LogP contribution in [0.4, 0.5) is 0 Å². The first-order chi connectivity index (χ1) is 6.47. The summed E-state index contributed by atoms with van der Waals surface area (Å²) in [4.78, 5) is 11.3. The predicted octanol–water partition coefficient (Wildman–Crippen LogP) is 3.04. The van der Waals surface area contributed by atoms with E-state index in [0.29, 0.717) is 16.9 Å². The smallest absolute Gasteiger partial charge is 0.220 e. The molecule has 0 aliphatic rings. The number of thioether (sulfide) groups is 1. The van der Waals surface area contributed by atoms with Crippen molar-refractivity contribution in [2.75, 3.05) is 6.61 Å². The van der Waals surface area contributed by atoms with Gasteiger partial charge >= 0.3 is 0 Å². The fourth-order valence-corrected chi connectivity index (χ4v) is 2.52. The Morgan fingerprint density at radius 1 is 1.50 bits per heavy atom. The van der Waals surface area contributed by atoms with Crippen molar-refractivity contribution in [2.24, 2.45) is 5.92 Å². The third kappa shape index (κ3) is 6.38. The molecule has 2 nitrogen and oxygen atoms in total. The summed E-state index contributed by atoms with van der Waals surface area (Å²) in [6.45, 7) is 8.26. The minimum absolute atomic E-state index is 0.0472. The van der Waals surface area contributed by atoms with Gasteiger partial charge in [0.2, 0.25) is 4.38 Å². The molecule has 14 heavy (non-hydrogen) atoms. The summed E-state index contributed by atoms with van der Waals surface area (Å²) >= 11 is 6.36.